The van der Waals surface area contributed by atoms with Crippen LogP contribution in [0.4, 0.5) is 5.82 Å². The van der Waals surface area contributed by atoms with Gasteiger partial charge < -0.3 is 9.42 Å². The molecule has 0 bridgehead atoms. The number of fused-ring (bicyclic) bond motifs is 1. The molecule has 124 valence electrons. The molecule has 0 saturated carbocycles. The van der Waals surface area contributed by atoms with E-state index in [-0.39, 0.29) is 0 Å². The fourth-order valence-corrected chi connectivity index (χ4v) is 3.60. The topological polar surface area (TPSA) is 45.4 Å². The SMILES string of the molecule is Cc1cc(CN2CCN(c3ccc4cccc(Br)c4n3)CC2)no1. The summed E-state index contributed by atoms with van der Waals surface area (Å²) in [5, 5.41) is 5.24. The summed E-state index contributed by atoms with van der Waals surface area (Å²) in [6, 6.07) is 12.4. The summed E-state index contributed by atoms with van der Waals surface area (Å²) in [6.45, 7) is 6.72. The summed E-state index contributed by atoms with van der Waals surface area (Å²) in [6.07, 6.45) is 0. The molecule has 0 unspecified atom stereocenters. The van der Waals surface area contributed by atoms with Crippen molar-refractivity contribution in [2.75, 3.05) is 31.1 Å². The van der Waals surface area contributed by atoms with Crippen molar-refractivity contribution >= 4 is 32.7 Å². The van der Waals surface area contributed by atoms with E-state index in [4.69, 9.17) is 9.51 Å². The number of benzene rings is 1. The lowest BCUT2D eigenvalue weighted by Gasteiger charge is -2.35. The minimum atomic E-state index is 0.849. The number of aromatic nitrogens is 2. The summed E-state index contributed by atoms with van der Waals surface area (Å²) in [5.74, 6) is 1.92. The average molecular weight is 387 g/mol. The van der Waals surface area contributed by atoms with Gasteiger partial charge in [-0.2, -0.15) is 0 Å². The van der Waals surface area contributed by atoms with Gasteiger partial charge in [-0.3, -0.25) is 4.90 Å². The molecule has 1 aliphatic heterocycles. The maximum atomic E-state index is 5.15. The van der Waals surface area contributed by atoms with Gasteiger partial charge in [-0.1, -0.05) is 17.3 Å². The fourth-order valence-electron chi connectivity index (χ4n) is 3.13. The molecule has 2 aromatic heterocycles. The number of piperazine rings is 1. The second-order valence-corrected chi connectivity index (χ2v) is 7.03. The van der Waals surface area contributed by atoms with Crippen molar-refractivity contribution in [1.82, 2.24) is 15.0 Å². The molecule has 1 fully saturated rings. The van der Waals surface area contributed by atoms with Crippen LogP contribution < -0.4 is 4.90 Å². The van der Waals surface area contributed by atoms with Crippen LogP contribution in [-0.2, 0) is 6.54 Å². The number of rotatable bonds is 3. The number of hydrogen-bond donors (Lipinski definition) is 0. The predicted molar refractivity (Wildman–Crippen MR) is 98.2 cm³/mol. The molecule has 0 radical (unpaired) electrons. The van der Waals surface area contributed by atoms with Crippen molar-refractivity contribution in [2.24, 2.45) is 0 Å². The third kappa shape index (κ3) is 3.16. The molecule has 3 heterocycles. The molecule has 5 nitrogen and oxygen atoms in total. The number of pyridine rings is 1. The molecule has 0 amide bonds. The Hall–Kier alpha value is -1.92. The number of aryl methyl sites for hydroxylation is 1. The number of anilines is 1. The van der Waals surface area contributed by atoms with Gasteiger partial charge in [0.05, 0.1) is 11.2 Å². The Balaban J connectivity index is 1.44. The van der Waals surface area contributed by atoms with Crippen LogP contribution in [0.15, 0.2) is 45.4 Å². The Labute approximate surface area is 149 Å². The number of hydrogen-bond acceptors (Lipinski definition) is 5. The van der Waals surface area contributed by atoms with Crippen LogP contribution in [0.1, 0.15) is 11.5 Å². The van der Waals surface area contributed by atoms with E-state index in [0.717, 1.165) is 65.4 Å². The van der Waals surface area contributed by atoms with Gasteiger partial charge in [-0.25, -0.2) is 4.98 Å². The molecule has 1 saturated heterocycles. The second kappa shape index (κ2) is 6.53. The van der Waals surface area contributed by atoms with Gasteiger partial charge in [0.2, 0.25) is 0 Å². The van der Waals surface area contributed by atoms with Crippen LogP contribution in [0.2, 0.25) is 0 Å². The minimum absolute atomic E-state index is 0.849. The van der Waals surface area contributed by atoms with E-state index < -0.39 is 0 Å². The first-order valence-corrected chi connectivity index (χ1v) is 8.93. The molecular formula is C18H19BrN4O. The van der Waals surface area contributed by atoms with Crippen LogP contribution in [0.25, 0.3) is 10.9 Å². The van der Waals surface area contributed by atoms with Crippen molar-refractivity contribution < 1.29 is 4.52 Å². The second-order valence-electron chi connectivity index (χ2n) is 6.17. The molecule has 24 heavy (non-hydrogen) atoms. The Morgan fingerprint density at radius 2 is 1.96 bits per heavy atom. The quantitative estimate of drug-likeness (QED) is 0.687. The van der Waals surface area contributed by atoms with Crippen molar-refractivity contribution in [3.05, 3.63) is 52.3 Å². The molecular weight excluding hydrogens is 368 g/mol. The largest absolute Gasteiger partial charge is 0.361 e. The van der Waals surface area contributed by atoms with Crippen LogP contribution in [0.5, 0.6) is 0 Å². The fraction of sp³-hybridized carbons (Fsp3) is 0.333. The highest BCUT2D eigenvalue weighted by molar-refractivity contribution is 9.10. The summed E-state index contributed by atoms with van der Waals surface area (Å²) >= 11 is 3.60. The van der Waals surface area contributed by atoms with Gasteiger partial charge in [0.1, 0.15) is 11.6 Å². The zero-order chi connectivity index (χ0) is 16.5. The molecule has 4 rings (SSSR count). The smallest absolute Gasteiger partial charge is 0.133 e. The maximum absolute atomic E-state index is 5.15. The van der Waals surface area contributed by atoms with Crippen LogP contribution in [0, 0.1) is 6.92 Å². The first-order chi connectivity index (χ1) is 11.7. The van der Waals surface area contributed by atoms with E-state index in [9.17, 15) is 0 Å². The van der Waals surface area contributed by atoms with Gasteiger partial charge in [-0.15, -0.1) is 0 Å². The van der Waals surface area contributed by atoms with Crippen LogP contribution >= 0.6 is 15.9 Å². The number of para-hydroxylation sites is 1. The minimum Gasteiger partial charge on any atom is -0.361 e. The number of halogens is 1. The Kier molecular flexibility index (Phi) is 4.24. The first-order valence-electron chi connectivity index (χ1n) is 8.14. The third-order valence-electron chi connectivity index (χ3n) is 4.41. The highest BCUT2D eigenvalue weighted by atomic mass is 79.9. The Morgan fingerprint density at radius 1 is 1.12 bits per heavy atom. The molecule has 1 aliphatic rings. The molecule has 0 spiro atoms. The lowest BCUT2D eigenvalue weighted by molar-refractivity contribution is 0.241. The van der Waals surface area contributed by atoms with Crippen molar-refractivity contribution in [3.8, 4) is 0 Å². The van der Waals surface area contributed by atoms with E-state index in [2.05, 4.69) is 49.1 Å². The summed E-state index contributed by atoms with van der Waals surface area (Å²) in [7, 11) is 0. The van der Waals surface area contributed by atoms with Gasteiger partial charge in [0.25, 0.3) is 0 Å². The molecule has 0 N–H and O–H groups in total. The van der Waals surface area contributed by atoms with E-state index in [1.807, 2.05) is 25.1 Å². The highest BCUT2D eigenvalue weighted by Crippen LogP contribution is 2.25. The van der Waals surface area contributed by atoms with Gasteiger partial charge in [0, 0.05) is 48.6 Å². The van der Waals surface area contributed by atoms with E-state index in [1.54, 1.807) is 0 Å². The van der Waals surface area contributed by atoms with Crippen molar-refractivity contribution in [1.29, 1.82) is 0 Å². The molecule has 3 aromatic rings. The van der Waals surface area contributed by atoms with Crippen LogP contribution in [0.3, 0.4) is 0 Å². The monoisotopic (exact) mass is 386 g/mol. The van der Waals surface area contributed by atoms with Gasteiger partial charge >= 0.3 is 0 Å². The Bertz CT molecular complexity index is 855. The zero-order valence-electron chi connectivity index (χ0n) is 13.6. The predicted octanol–water partition coefficient (Wildman–Crippen LogP) is 3.62. The molecule has 0 atom stereocenters. The Morgan fingerprint density at radius 3 is 2.71 bits per heavy atom. The van der Waals surface area contributed by atoms with Gasteiger partial charge in [-0.05, 0) is 41.1 Å². The first kappa shape index (κ1) is 15.6. The standard InChI is InChI=1S/C18H19BrN4O/c1-13-11-15(21-24-13)12-22-7-9-23(10-8-22)17-6-5-14-3-2-4-16(19)18(14)20-17/h2-6,11H,7-10,12H2,1H3. The van der Waals surface area contributed by atoms with E-state index >= 15 is 0 Å². The maximum Gasteiger partial charge on any atom is 0.133 e. The van der Waals surface area contributed by atoms with E-state index in [0.29, 0.717) is 0 Å². The van der Waals surface area contributed by atoms with Crippen molar-refractivity contribution in [2.45, 2.75) is 13.5 Å². The average Bonchev–Trinajstić information content (AvgIpc) is 3.01. The summed E-state index contributed by atoms with van der Waals surface area (Å²) in [5.41, 5.74) is 2.03. The number of nitrogens with zero attached hydrogens (tertiary/aromatic N) is 4. The molecule has 1 aromatic carbocycles. The summed E-state index contributed by atoms with van der Waals surface area (Å²) in [4.78, 5) is 9.60. The zero-order valence-corrected chi connectivity index (χ0v) is 15.2. The lowest BCUT2D eigenvalue weighted by atomic mass is 10.2. The lowest BCUT2D eigenvalue weighted by Crippen LogP contribution is -2.46. The molecule has 0 aliphatic carbocycles. The normalized spacial score (nSPS) is 16.0. The van der Waals surface area contributed by atoms with Gasteiger partial charge in [0.15, 0.2) is 0 Å². The van der Waals surface area contributed by atoms with E-state index in [1.165, 1.54) is 0 Å². The molecule has 6 heteroatoms. The summed E-state index contributed by atoms with van der Waals surface area (Å²) < 4.78 is 6.19. The highest BCUT2D eigenvalue weighted by Gasteiger charge is 2.19. The van der Waals surface area contributed by atoms with Crippen molar-refractivity contribution in [3.63, 3.8) is 0 Å². The van der Waals surface area contributed by atoms with Crippen LogP contribution in [-0.4, -0.2) is 41.2 Å². The third-order valence-corrected chi connectivity index (χ3v) is 5.05.